The number of anilines is 1. The highest BCUT2D eigenvalue weighted by Gasteiger charge is 2.27. The molecule has 2 aliphatic heterocycles. The molecule has 0 unspecified atom stereocenters. The first-order chi connectivity index (χ1) is 16.1. The summed E-state index contributed by atoms with van der Waals surface area (Å²) in [7, 11) is 0. The van der Waals surface area contributed by atoms with E-state index >= 15 is 0 Å². The molecular formula is C25H36N6OS. The molecule has 2 saturated heterocycles. The van der Waals surface area contributed by atoms with E-state index in [-0.39, 0.29) is 11.8 Å². The van der Waals surface area contributed by atoms with Crippen LogP contribution in [0, 0.1) is 12.8 Å². The smallest absolute Gasteiger partial charge is 0.223 e. The lowest BCUT2D eigenvalue weighted by atomic mass is 9.96. The molecule has 0 spiro atoms. The molecule has 1 aromatic carbocycles. The second kappa shape index (κ2) is 11.8. The topological polar surface area (TPSA) is 64.6 Å². The predicted octanol–water partition coefficient (Wildman–Crippen LogP) is 2.91. The Morgan fingerprint density at radius 2 is 1.67 bits per heavy atom. The largest absolute Gasteiger partial charge is 0.355 e. The highest BCUT2D eigenvalue weighted by atomic mass is 32.2. The zero-order valence-electron chi connectivity index (χ0n) is 19.9. The molecule has 7 nitrogen and oxygen atoms in total. The van der Waals surface area contributed by atoms with Crippen molar-refractivity contribution in [2.45, 2.75) is 36.6 Å². The van der Waals surface area contributed by atoms with Crippen LogP contribution in [0.2, 0.25) is 0 Å². The number of likely N-dealkylation sites (N-methyl/N-ethyl adjacent to an activating group) is 1. The Morgan fingerprint density at radius 1 is 1.00 bits per heavy atom. The zero-order valence-corrected chi connectivity index (χ0v) is 20.7. The average molecular weight is 469 g/mol. The van der Waals surface area contributed by atoms with E-state index in [1.807, 2.05) is 0 Å². The van der Waals surface area contributed by atoms with Gasteiger partial charge in [-0.3, -0.25) is 9.69 Å². The van der Waals surface area contributed by atoms with E-state index in [0.29, 0.717) is 0 Å². The molecule has 4 rings (SSSR count). The van der Waals surface area contributed by atoms with E-state index in [2.05, 4.69) is 68.1 Å². The minimum Gasteiger partial charge on any atom is -0.355 e. The summed E-state index contributed by atoms with van der Waals surface area (Å²) < 4.78 is 0. The molecule has 2 aliphatic rings. The lowest BCUT2D eigenvalue weighted by molar-refractivity contribution is -0.125. The first-order valence-corrected chi connectivity index (χ1v) is 13.0. The number of rotatable bonds is 8. The lowest BCUT2D eigenvalue weighted by Crippen LogP contribution is -2.49. The number of hydrogen-bond donors (Lipinski definition) is 1. The van der Waals surface area contributed by atoms with Gasteiger partial charge < -0.3 is 15.1 Å². The molecule has 0 saturated carbocycles. The Hall–Kier alpha value is -2.16. The molecule has 1 N–H and O–H groups in total. The maximum Gasteiger partial charge on any atom is 0.223 e. The van der Waals surface area contributed by atoms with Crippen molar-refractivity contribution in [3.63, 3.8) is 0 Å². The van der Waals surface area contributed by atoms with Gasteiger partial charge in [-0.05, 0) is 38.4 Å². The Kier molecular flexibility index (Phi) is 8.58. The van der Waals surface area contributed by atoms with Crippen LogP contribution in [0.25, 0.3) is 0 Å². The van der Waals surface area contributed by atoms with Gasteiger partial charge in [0.1, 0.15) is 5.03 Å². The van der Waals surface area contributed by atoms with Crippen LogP contribution >= 0.6 is 11.8 Å². The van der Waals surface area contributed by atoms with Crippen LogP contribution < -0.4 is 10.2 Å². The van der Waals surface area contributed by atoms with E-state index in [9.17, 15) is 4.79 Å². The number of aromatic nitrogens is 2. The molecule has 0 atom stereocenters. The van der Waals surface area contributed by atoms with E-state index < -0.39 is 0 Å². The summed E-state index contributed by atoms with van der Waals surface area (Å²) in [6, 6.07) is 8.48. The predicted molar refractivity (Wildman–Crippen MR) is 134 cm³/mol. The van der Waals surface area contributed by atoms with E-state index in [1.165, 1.54) is 5.56 Å². The fourth-order valence-electron chi connectivity index (χ4n) is 4.49. The van der Waals surface area contributed by atoms with Gasteiger partial charge in [0.15, 0.2) is 5.82 Å². The second-order valence-corrected chi connectivity index (χ2v) is 9.99. The average Bonchev–Trinajstić information content (AvgIpc) is 2.86. The third-order valence-electron chi connectivity index (χ3n) is 6.69. The first-order valence-electron chi connectivity index (χ1n) is 12.1. The monoisotopic (exact) mass is 468 g/mol. The van der Waals surface area contributed by atoms with Gasteiger partial charge in [0, 0.05) is 75.6 Å². The fourth-order valence-corrected chi connectivity index (χ4v) is 5.37. The van der Waals surface area contributed by atoms with Crippen LogP contribution in [-0.2, 0) is 4.79 Å². The van der Waals surface area contributed by atoms with Gasteiger partial charge in [0.2, 0.25) is 5.91 Å². The number of amides is 1. The SMILES string of the molecule is CCN1CCN(CCNC(=O)C2CCN(c3nccnc3Sc3ccc(C)cc3)CC2)CC1. The normalized spacial score (nSPS) is 18.4. The Morgan fingerprint density at radius 3 is 2.36 bits per heavy atom. The molecule has 8 heteroatoms. The number of piperidine rings is 1. The maximum atomic E-state index is 12.7. The van der Waals surface area contributed by atoms with Crippen molar-refractivity contribution in [1.82, 2.24) is 25.1 Å². The van der Waals surface area contributed by atoms with Crippen molar-refractivity contribution in [3.05, 3.63) is 42.2 Å². The summed E-state index contributed by atoms with van der Waals surface area (Å²) >= 11 is 1.65. The number of carbonyl (C=O) groups excluding carboxylic acids is 1. The van der Waals surface area contributed by atoms with Gasteiger partial charge in [-0.25, -0.2) is 9.97 Å². The molecule has 2 aromatic rings. The van der Waals surface area contributed by atoms with E-state index in [1.54, 1.807) is 24.2 Å². The maximum absolute atomic E-state index is 12.7. The van der Waals surface area contributed by atoms with Crippen molar-refractivity contribution >= 4 is 23.5 Å². The minimum absolute atomic E-state index is 0.0862. The number of hydrogen-bond acceptors (Lipinski definition) is 7. The molecule has 1 amide bonds. The molecule has 3 heterocycles. The van der Waals surface area contributed by atoms with E-state index in [0.717, 1.165) is 87.5 Å². The molecule has 1 aromatic heterocycles. The van der Waals surface area contributed by atoms with Crippen molar-refractivity contribution in [2.24, 2.45) is 5.92 Å². The van der Waals surface area contributed by atoms with Crippen LogP contribution in [0.4, 0.5) is 5.82 Å². The minimum atomic E-state index is 0.0862. The van der Waals surface area contributed by atoms with Gasteiger partial charge in [-0.2, -0.15) is 0 Å². The van der Waals surface area contributed by atoms with Crippen molar-refractivity contribution < 1.29 is 4.79 Å². The van der Waals surface area contributed by atoms with Crippen LogP contribution in [0.3, 0.4) is 0 Å². The molecule has 33 heavy (non-hydrogen) atoms. The molecular weight excluding hydrogens is 432 g/mol. The summed E-state index contributed by atoms with van der Waals surface area (Å²) in [5.74, 6) is 1.21. The standard InChI is InChI=1S/C25H36N6OS/c1-3-29-16-18-30(19-17-29)15-12-27-24(32)21-8-13-31(14-9-21)23-25(28-11-10-26-23)33-22-6-4-20(2)5-7-22/h4-7,10-11,21H,3,8-9,12-19H2,1-2H3,(H,27,32). The Bertz CT molecular complexity index is 892. The first kappa shape index (κ1) is 24.0. The lowest BCUT2D eigenvalue weighted by Gasteiger charge is -2.34. The quantitative estimate of drug-likeness (QED) is 0.639. The van der Waals surface area contributed by atoms with Gasteiger partial charge in [-0.1, -0.05) is 36.4 Å². The summed E-state index contributed by atoms with van der Waals surface area (Å²) in [4.78, 5) is 30.3. The number of carbonyl (C=O) groups is 1. The zero-order chi connectivity index (χ0) is 23.0. The summed E-state index contributed by atoms with van der Waals surface area (Å²) in [5, 5.41) is 4.11. The molecule has 0 aliphatic carbocycles. The van der Waals surface area contributed by atoms with Crippen molar-refractivity contribution in [1.29, 1.82) is 0 Å². The molecule has 0 bridgehead atoms. The summed E-state index contributed by atoms with van der Waals surface area (Å²) in [5.41, 5.74) is 1.25. The highest BCUT2D eigenvalue weighted by Crippen LogP contribution is 2.34. The summed E-state index contributed by atoms with van der Waals surface area (Å²) in [6.07, 6.45) is 5.22. The third kappa shape index (κ3) is 6.68. The molecule has 0 radical (unpaired) electrons. The number of benzene rings is 1. The van der Waals surface area contributed by atoms with E-state index in [4.69, 9.17) is 0 Å². The Labute approximate surface area is 202 Å². The number of piperazine rings is 1. The van der Waals surface area contributed by atoms with Gasteiger partial charge in [0.05, 0.1) is 0 Å². The number of nitrogens with one attached hydrogen (secondary N) is 1. The Balaban J connectivity index is 1.23. The third-order valence-corrected chi connectivity index (χ3v) is 7.68. The van der Waals surface area contributed by atoms with Gasteiger partial charge in [-0.15, -0.1) is 0 Å². The van der Waals surface area contributed by atoms with Gasteiger partial charge in [0.25, 0.3) is 0 Å². The van der Waals surface area contributed by atoms with Crippen LogP contribution in [0.1, 0.15) is 25.3 Å². The summed E-state index contributed by atoms with van der Waals surface area (Å²) in [6.45, 7) is 13.3. The number of aryl methyl sites for hydroxylation is 1. The molecule has 2 fully saturated rings. The fraction of sp³-hybridized carbons (Fsp3) is 0.560. The van der Waals surface area contributed by atoms with Gasteiger partial charge >= 0.3 is 0 Å². The van der Waals surface area contributed by atoms with Crippen molar-refractivity contribution in [2.75, 3.05) is 63.8 Å². The molecule has 178 valence electrons. The van der Waals surface area contributed by atoms with Crippen molar-refractivity contribution in [3.8, 4) is 0 Å². The van der Waals surface area contributed by atoms with Crippen LogP contribution in [0.15, 0.2) is 46.6 Å². The number of nitrogens with zero attached hydrogens (tertiary/aromatic N) is 5. The van der Waals surface area contributed by atoms with Crippen LogP contribution in [-0.4, -0.2) is 84.6 Å². The second-order valence-electron chi connectivity index (χ2n) is 8.93. The van der Waals surface area contributed by atoms with Crippen LogP contribution in [0.5, 0.6) is 0 Å². The highest BCUT2D eigenvalue weighted by molar-refractivity contribution is 7.99.